The van der Waals surface area contributed by atoms with E-state index in [1.165, 1.54) is 19.3 Å². The van der Waals surface area contributed by atoms with E-state index in [-0.39, 0.29) is 23.7 Å². The Morgan fingerprint density at radius 1 is 1.00 bits per heavy atom. The SMILES string of the molecule is CC#CC1(O)CC[C@@]2(C)C(CC[C@H]3[C@@H]4CC[C@H](C(=O)CO)[C@@]4(C)CC[C@@H]32)C1. The van der Waals surface area contributed by atoms with Crippen molar-refractivity contribution in [1.29, 1.82) is 0 Å². The molecule has 8 atom stereocenters. The minimum Gasteiger partial charge on any atom is -0.389 e. The maximum Gasteiger partial charge on any atom is 0.161 e. The van der Waals surface area contributed by atoms with Crippen LogP contribution >= 0.6 is 0 Å². The van der Waals surface area contributed by atoms with E-state index in [0.717, 1.165) is 44.4 Å². The maximum absolute atomic E-state index is 12.4. The summed E-state index contributed by atoms with van der Waals surface area (Å²) < 4.78 is 0. The lowest BCUT2D eigenvalue weighted by atomic mass is 9.44. The van der Waals surface area contributed by atoms with Gasteiger partial charge in [-0.1, -0.05) is 19.8 Å². The molecule has 0 heterocycles. The summed E-state index contributed by atoms with van der Waals surface area (Å²) in [6.45, 7) is 6.36. The predicted molar refractivity (Wildman–Crippen MR) is 106 cm³/mol. The Hall–Kier alpha value is -0.850. The molecule has 0 spiro atoms. The van der Waals surface area contributed by atoms with E-state index in [4.69, 9.17) is 0 Å². The van der Waals surface area contributed by atoms with E-state index in [1.54, 1.807) is 0 Å². The summed E-state index contributed by atoms with van der Waals surface area (Å²) in [6, 6.07) is 0. The number of rotatable bonds is 2. The summed E-state index contributed by atoms with van der Waals surface area (Å²) in [5.74, 6) is 8.81. The first-order valence-electron chi connectivity index (χ1n) is 11.1. The third kappa shape index (κ3) is 2.82. The lowest BCUT2D eigenvalue weighted by molar-refractivity contribution is -0.146. The summed E-state index contributed by atoms with van der Waals surface area (Å²) in [4.78, 5) is 12.4. The van der Waals surface area contributed by atoms with Gasteiger partial charge in [-0.15, -0.1) is 5.92 Å². The Morgan fingerprint density at radius 2 is 1.74 bits per heavy atom. The molecule has 2 N–H and O–H groups in total. The fourth-order valence-electron chi connectivity index (χ4n) is 8.23. The van der Waals surface area contributed by atoms with E-state index >= 15 is 0 Å². The highest BCUT2D eigenvalue weighted by Crippen LogP contribution is 2.68. The van der Waals surface area contributed by atoms with E-state index in [9.17, 15) is 15.0 Å². The molecule has 2 unspecified atom stereocenters. The minimum absolute atomic E-state index is 0.0651. The number of hydrogen-bond acceptors (Lipinski definition) is 3. The van der Waals surface area contributed by atoms with Crippen molar-refractivity contribution in [2.45, 2.75) is 84.2 Å². The number of fused-ring (bicyclic) bond motifs is 5. The minimum atomic E-state index is -0.777. The van der Waals surface area contributed by atoms with Gasteiger partial charge in [0.05, 0.1) is 0 Å². The molecule has 27 heavy (non-hydrogen) atoms. The highest BCUT2D eigenvalue weighted by atomic mass is 16.3. The van der Waals surface area contributed by atoms with Gasteiger partial charge < -0.3 is 10.2 Å². The van der Waals surface area contributed by atoms with Gasteiger partial charge in [-0.25, -0.2) is 0 Å². The van der Waals surface area contributed by atoms with Crippen molar-refractivity contribution in [1.82, 2.24) is 0 Å². The quantitative estimate of drug-likeness (QED) is 0.721. The monoisotopic (exact) mass is 372 g/mol. The molecule has 0 aliphatic heterocycles. The molecule has 0 amide bonds. The highest BCUT2D eigenvalue weighted by Gasteiger charge is 2.61. The largest absolute Gasteiger partial charge is 0.389 e. The number of ketones is 1. The molecule has 150 valence electrons. The van der Waals surface area contributed by atoms with Crippen LogP contribution in [0.4, 0.5) is 0 Å². The number of carbonyl (C=O) groups excluding carboxylic acids is 1. The number of carbonyl (C=O) groups is 1. The Kier molecular flexibility index (Phi) is 4.76. The standard InChI is InChI=1S/C24H36O3/c1-4-10-24(27)13-12-22(2)16(14-24)5-6-17-18-7-8-20(21(26)15-25)23(18,3)11-9-19(17)22/h16-20,25,27H,5-9,11-15H2,1-3H3/t16?,17-,18-,19-,20+,22-,23-,24?/m0/s1. The first-order chi connectivity index (χ1) is 12.8. The summed E-state index contributed by atoms with van der Waals surface area (Å²) in [5, 5.41) is 20.3. The van der Waals surface area contributed by atoms with Crippen LogP contribution in [0.5, 0.6) is 0 Å². The first kappa shape index (κ1) is 19.5. The molecule has 3 nitrogen and oxygen atoms in total. The van der Waals surface area contributed by atoms with Crippen LogP contribution < -0.4 is 0 Å². The number of Topliss-reactive ketones (excluding diaryl/α,β-unsaturated/α-hetero) is 1. The van der Waals surface area contributed by atoms with Gasteiger partial charge in [0.15, 0.2) is 5.78 Å². The van der Waals surface area contributed by atoms with Gasteiger partial charge in [0.2, 0.25) is 0 Å². The number of aliphatic hydroxyl groups is 2. The van der Waals surface area contributed by atoms with Crippen molar-refractivity contribution >= 4 is 5.78 Å². The molecular weight excluding hydrogens is 336 g/mol. The van der Waals surface area contributed by atoms with Crippen molar-refractivity contribution in [3.63, 3.8) is 0 Å². The van der Waals surface area contributed by atoms with E-state index < -0.39 is 5.60 Å². The Morgan fingerprint density at radius 3 is 2.44 bits per heavy atom. The average molecular weight is 373 g/mol. The molecule has 0 aromatic rings. The fourth-order valence-corrected chi connectivity index (χ4v) is 8.23. The lowest BCUT2D eigenvalue weighted by Crippen LogP contribution is -2.56. The summed E-state index contributed by atoms with van der Waals surface area (Å²) in [7, 11) is 0. The van der Waals surface area contributed by atoms with E-state index in [1.807, 2.05) is 6.92 Å². The fraction of sp³-hybridized carbons (Fsp3) is 0.875. The second-order valence-electron chi connectivity index (χ2n) is 10.6. The van der Waals surface area contributed by atoms with Gasteiger partial charge in [0.25, 0.3) is 0 Å². The lowest BCUT2D eigenvalue weighted by Gasteiger charge is -2.61. The molecule has 4 rings (SSSR count). The molecule has 4 aliphatic carbocycles. The molecule has 4 aliphatic rings. The first-order valence-corrected chi connectivity index (χ1v) is 11.1. The van der Waals surface area contributed by atoms with Gasteiger partial charge in [0.1, 0.15) is 12.2 Å². The zero-order valence-corrected chi connectivity index (χ0v) is 17.3. The average Bonchev–Trinajstić information content (AvgIpc) is 2.99. The van der Waals surface area contributed by atoms with Crippen LogP contribution in [0.2, 0.25) is 0 Å². The third-order valence-electron chi connectivity index (χ3n) is 9.63. The van der Waals surface area contributed by atoms with E-state index in [0.29, 0.717) is 23.2 Å². The van der Waals surface area contributed by atoms with Crippen LogP contribution in [0.15, 0.2) is 0 Å². The molecule has 4 saturated carbocycles. The third-order valence-corrected chi connectivity index (χ3v) is 9.63. The Balaban J connectivity index is 1.58. The van der Waals surface area contributed by atoms with Crippen LogP contribution in [0, 0.1) is 52.3 Å². The molecule has 0 bridgehead atoms. The van der Waals surface area contributed by atoms with Gasteiger partial charge in [-0.3, -0.25) is 4.79 Å². The van der Waals surface area contributed by atoms with Crippen molar-refractivity contribution in [2.24, 2.45) is 40.4 Å². The predicted octanol–water partition coefficient (Wildman–Crippen LogP) is 3.96. The molecule has 0 radical (unpaired) electrons. The number of aliphatic hydroxyl groups excluding tert-OH is 1. The zero-order chi connectivity index (χ0) is 19.4. The van der Waals surface area contributed by atoms with Gasteiger partial charge in [-0.05, 0) is 99.2 Å². The van der Waals surface area contributed by atoms with Gasteiger partial charge in [-0.2, -0.15) is 0 Å². The topological polar surface area (TPSA) is 57.5 Å². The van der Waals surface area contributed by atoms with Crippen molar-refractivity contribution in [3.8, 4) is 11.8 Å². The normalized spacial score (nSPS) is 51.4. The maximum atomic E-state index is 12.4. The van der Waals surface area contributed by atoms with Gasteiger partial charge >= 0.3 is 0 Å². The summed E-state index contributed by atoms with van der Waals surface area (Å²) in [5.41, 5.74) is -0.376. The van der Waals surface area contributed by atoms with Crippen LogP contribution in [-0.2, 0) is 4.79 Å². The van der Waals surface area contributed by atoms with Crippen molar-refractivity contribution < 1.29 is 15.0 Å². The zero-order valence-electron chi connectivity index (χ0n) is 17.3. The van der Waals surface area contributed by atoms with Crippen LogP contribution in [0.3, 0.4) is 0 Å². The Labute approximate surface area is 164 Å². The smallest absolute Gasteiger partial charge is 0.161 e. The Bertz CT molecular complexity index is 675. The molecule has 3 heteroatoms. The summed E-state index contributed by atoms with van der Waals surface area (Å²) >= 11 is 0. The highest BCUT2D eigenvalue weighted by molar-refractivity contribution is 5.83. The van der Waals surface area contributed by atoms with Crippen molar-refractivity contribution in [3.05, 3.63) is 0 Å². The molecule has 0 saturated heterocycles. The van der Waals surface area contributed by atoms with Crippen LogP contribution in [0.1, 0.15) is 78.6 Å². The van der Waals surface area contributed by atoms with Gasteiger partial charge in [0, 0.05) is 5.92 Å². The molecule has 0 aromatic heterocycles. The molecule has 0 aromatic carbocycles. The molecule has 4 fully saturated rings. The van der Waals surface area contributed by atoms with Crippen LogP contribution in [0.25, 0.3) is 0 Å². The summed E-state index contributed by atoms with van der Waals surface area (Å²) in [6.07, 6.45) is 9.59. The van der Waals surface area contributed by atoms with Crippen molar-refractivity contribution in [2.75, 3.05) is 6.61 Å². The second kappa shape index (κ2) is 6.60. The number of hydrogen-bond donors (Lipinski definition) is 2. The van der Waals surface area contributed by atoms with Crippen LogP contribution in [-0.4, -0.2) is 28.2 Å². The second-order valence-corrected chi connectivity index (χ2v) is 10.6. The molecular formula is C24H36O3. The van der Waals surface area contributed by atoms with E-state index in [2.05, 4.69) is 25.7 Å².